The third-order valence-electron chi connectivity index (χ3n) is 4.37. The molecule has 1 fully saturated rings. The average Bonchev–Trinajstić information content (AvgIpc) is 2.65. The van der Waals surface area contributed by atoms with E-state index in [0.29, 0.717) is 5.69 Å². The summed E-state index contributed by atoms with van der Waals surface area (Å²) in [4.78, 5) is 32.1. The molecule has 0 unspecified atom stereocenters. The van der Waals surface area contributed by atoms with Crippen molar-refractivity contribution in [1.29, 1.82) is 0 Å². The Kier molecular flexibility index (Phi) is 6.36. The molecule has 3 rings (SSSR count). The Hall–Kier alpha value is -2.69. The summed E-state index contributed by atoms with van der Waals surface area (Å²) in [6.45, 7) is 1.44. The molecule has 1 saturated heterocycles. The van der Waals surface area contributed by atoms with Crippen LogP contribution in [0.15, 0.2) is 34.2 Å². The van der Waals surface area contributed by atoms with Crippen LogP contribution in [0.1, 0.15) is 24.8 Å². The number of nitrogens with one attached hydrogen (secondary N) is 2. The fraction of sp³-hybridized carbons (Fsp3) is 0.389. The highest BCUT2D eigenvalue weighted by molar-refractivity contribution is 7.99. The number of hydrogen-bond acceptors (Lipinski definition) is 6. The predicted molar refractivity (Wildman–Crippen MR) is 106 cm³/mol. The summed E-state index contributed by atoms with van der Waals surface area (Å²) in [6, 6.07) is 4.48. The summed E-state index contributed by atoms with van der Waals surface area (Å²) in [5, 5.41) is 2.73. The van der Waals surface area contributed by atoms with Gasteiger partial charge in [-0.15, -0.1) is 0 Å². The van der Waals surface area contributed by atoms with Crippen molar-refractivity contribution in [3.8, 4) is 0 Å². The van der Waals surface area contributed by atoms with Crippen LogP contribution < -0.4 is 21.5 Å². The minimum atomic E-state index is -4.51. The third kappa shape index (κ3) is 5.66. The second-order valence-corrected chi connectivity index (χ2v) is 7.55. The SMILES string of the molecule is Nc1cc(=O)[nH]c(SCC(=O)Nc2cc(C(F)(F)F)ccc2N2CCCCC2)n1. The lowest BCUT2D eigenvalue weighted by molar-refractivity contribution is -0.137. The molecule has 1 aromatic carbocycles. The maximum Gasteiger partial charge on any atom is 0.416 e. The molecule has 0 atom stereocenters. The first-order chi connectivity index (χ1) is 13.7. The van der Waals surface area contributed by atoms with Crippen LogP contribution >= 0.6 is 11.8 Å². The quantitative estimate of drug-likeness (QED) is 0.500. The Balaban J connectivity index is 1.77. The first kappa shape index (κ1) is 21.0. The number of H-pyrrole nitrogens is 1. The molecule has 7 nitrogen and oxygen atoms in total. The largest absolute Gasteiger partial charge is 0.416 e. The van der Waals surface area contributed by atoms with Crippen LogP contribution in [0.3, 0.4) is 0 Å². The standard InChI is InChI=1S/C18H20F3N5O2S/c19-18(20,21)11-4-5-13(26-6-2-1-3-7-26)12(8-11)23-16(28)10-29-17-24-14(22)9-15(27)25-17/h4-5,8-9H,1-3,6-7,10H2,(H,23,28)(H3,22,24,25,27). The molecule has 11 heteroatoms. The number of alkyl halides is 3. The molecule has 0 saturated carbocycles. The number of hydrogen-bond donors (Lipinski definition) is 3. The van der Waals surface area contributed by atoms with Crippen molar-refractivity contribution in [2.45, 2.75) is 30.6 Å². The lowest BCUT2D eigenvalue weighted by atomic mass is 10.1. The fourth-order valence-corrected chi connectivity index (χ4v) is 3.75. The zero-order valence-electron chi connectivity index (χ0n) is 15.4. The van der Waals surface area contributed by atoms with Crippen molar-refractivity contribution in [2.75, 3.05) is 34.8 Å². The number of aromatic nitrogens is 2. The Morgan fingerprint density at radius 2 is 1.97 bits per heavy atom. The van der Waals surface area contributed by atoms with Crippen LogP contribution in [0.4, 0.5) is 30.4 Å². The number of nitrogen functional groups attached to an aromatic ring is 1. The highest BCUT2D eigenvalue weighted by atomic mass is 32.2. The number of anilines is 3. The molecule has 1 amide bonds. The van der Waals surface area contributed by atoms with Gasteiger partial charge in [-0.1, -0.05) is 11.8 Å². The zero-order chi connectivity index (χ0) is 21.0. The Labute approximate surface area is 168 Å². The Bertz CT molecular complexity index is 942. The van der Waals surface area contributed by atoms with Gasteiger partial charge in [0.25, 0.3) is 5.56 Å². The first-order valence-corrected chi connectivity index (χ1v) is 9.96. The van der Waals surface area contributed by atoms with E-state index in [4.69, 9.17) is 5.73 Å². The lowest BCUT2D eigenvalue weighted by Crippen LogP contribution is -2.30. The van der Waals surface area contributed by atoms with Crippen molar-refractivity contribution in [1.82, 2.24) is 9.97 Å². The molecule has 1 aromatic heterocycles. The van der Waals surface area contributed by atoms with Gasteiger partial charge in [0, 0.05) is 19.2 Å². The normalized spacial score (nSPS) is 14.7. The summed E-state index contributed by atoms with van der Waals surface area (Å²) >= 11 is 0.933. The zero-order valence-corrected chi connectivity index (χ0v) is 16.2. The van der Waals surface area contributed by atoms with Crippen molar-refractivity contribution in [3.05, 3.63) is 40.2 Å². The number of nitrogens with two attached hydrogens (primary N) is 1. The summed E-state index contributed by atoms with van der Waals surface area (Å²) in [7, 11) is 0. The van der Waals surface area contributed by atoms with Gasteiger partial charge < -0.3 is 20.9 Å². The van der Waals surface area contributed by atoms with E-state index in [9.17, 15) is 22.8 Å². The van der Waals surface area contributed by atoms with Gasteiger partial charge in [-0.3, -0.25) is 9.59 Å². The number of thioether (sulfide) groups is 1. The van der Waals surface area contributed by atoms with Crippen molar-refractivity contribution < 1.29 is 18.0 Å². The second-order valence-electron chi connectivity index (χ2n) is 6.59. The van der Waals surface area contributed by atoms with E-state index < -0.39 is 23.2 Å². The lowest BCUT2D eigenvalue weighted by Gasteiger charge is -2.31. The fourth-order valence-electron chi connectivity index (χ4n) is 3.06. The van der Waals surface area contributed by atoms with Gasteiger partial charge >= 0.3 is 6.18 Å². The highest BCUT2D eigenvalue weighted by Crippen LogP contribution is 2.36. The summed E-state index contributed by atoms with van der Waals surface area (Å²) < 4.78 is 39.4. The second kappa shape index (κ2) is 8.76. The molecule has 2 aromatic rings. The van der Waals surface area contributed by atoms with E-state index >= 15 is 0 Å². The van der Waals surface area contributed by atoms with Gasteiger partial charge in [0.1, 0.15) is 5.82 Å². The maximum absolute atomic E-state index is 13.1. The van der Waals surface area contributed by atoms with Crippen LogP contribution in [-0.4, -0.2) is 34.7 Å². The van der Waals surface area contributed by atoms with Crippen LogP contribution in [-0.2, 0) is 11.0 Å². The molecule has 4 N–H and O–H groups in total. The number of carbonyl (C=O) groups is 1. The number of amides is 1. The van der Waals surface area contributed by atoms with E-state index in [-0.39, 0.29) is 22.4 Å². The van der Waals surface area contributed by atoms with Gasteiger partial charge in [0.05, 0.1) is 22.7 Å². The van der Waals surface area contributed by atoms with Crippen LogP contribution in [0.25, 0.3) is 0 Å². The number of carbonyl (C=O) groups excluding carboxylic acids is 1. The molecule has 1 aliphatic rings. The Morgan fingerprint density at radius 1 is 1.24 bits per heavy atom. The van der Waals surface area contributed by atoms with Gasteiger partial charge in [-0.05, 0) is 37.5 Å². The first-order valence-electron chi connectivity index (χ1n) is 8.98. The maximum atomic E-state index is 13.1. The third-order valence-corrected chi connectivity index (χ3v) is 5.25. The molecule has 29 heavy (non-hydrogen) atoms. The van der Waals surface area contributed by atoms with Gasteiger partial charge in [-0.25, -0.2) is 4.98 Å². The van der Waals surface area contributed by atoms with E-state index in [1.165, 1.54) is 6.07 Å². The molecule has 156 valence electrons. The molecule has 1 aliphatic heterocycles. The van der Waals surface area contributed by atoms with Crippen LogP contribution in [0, 0.1) is 0 Å². The summed E-state index contributed by atoms with van der Waals surface area (Å²) in [5.74, 6) is -0.651. The molecular formula is C18H20F3N5O2S. The molecule has 2 heterocycles. The van der Waals surface area contributed by atoms with Crippen molar-refractivity contribution in [2.24, 2.45) is 0 Å². The molecule has 0 bridgehead atoms. The van der Waals surface area contributed by atoms with E-state index in [1.807, 2.05) is 4.90 Å². The molecule has 0 spiro atoms. The van der Waals surface area contributed by atoms with E-state index in [1.54, 1.807) is 0 Å². The number of piperidine rings is 1. The van der Waals surface area contributed by atoms with Gasteiger partial charge in [0.15, 0.2) is 5.16 Å². The predicted octanol–water partition coefficient (Wildman–Crippen LogP) is 3.09. The molecule has 0 aliphatic carbocycles. The Morgan fingerprint density at radius 3 is 2.62 bits per heavy atom. The monoisotopic (exact) mass is 427 g/mol. The number of nitrogens with zero attached hydrogens (tertiary/aromatic N) is 2. The van der Waals surface area contributed by atoms with E-state index in [2.05, 4.69) is 15.3 Å². The number of halogens is 3. The van der Waals surface area contributed by atoms with Crippen molar-refractivity contribution >= 4 is 34.9 Å². The number of benzene rings is 1. The molecule has 0 radical (unpaired) electrons. The minimum absolute atomic E-state index is 0.0157. The average molecular weight is 427 g/mol. The van der Waals surface area contributed by atoms with Crippen LogP contribution in [0.2, 0.25) is 0 Å². The van der Waals surface area contributed by atoms with Crippen LogP contribution in [0.5, 0.6) is 0 Å². The number of aromatic amines is 1. The summed E-state index contributed by atoms with van der Waals surface area (Å²) in [6.07, 6.45) is -1.56. The minimum Gasteiger partial charge on any atom is -0.383 e. The van der Waals surface area contributed by atoms with E-state index in [0.717, 1.165) is 62.3 Å². The highest BCUT2D eigenvalue weighted by Gasteiger charge is 2.31. The topological polar surface area (TPSA) is 104 Å². The molecular weight excluding hydrogens is 407 g/mol. The van der Waals surface area contributed by atoms with Gasteiger partial charge in [0.2, 0.25) is 5.91 Å². The number of rotatable bonds is 5. The summed E-state index contributed by atoms with van der Waals surface area (Å²) in [5.41, 5.74) is 4.88. The smallest absolute Gasteiger partial charge is 0.383 e. The van der Waals surface area contributed by atoms with Gasteiger partial charge in [-0.2, -0.15) is 13.2 Å². The van der Waals surface area contributed by atoms with Crippen molar-refractivity contribution in [3.63, 3.8) is 0 Å².